The summed E-state index contributed by atoms with van der Waals surface area (Å²) in [5.41, 5.74) is 3.48. The molecule has 0 saturated carbocycles. The molecule has 3 aromatic carbocycles. The average molecular weight is 533 g/mol. The van der Waals surface area contributed by atoms with Crippen molar-refractivity contribution in [2.24, 2.45) is 0 Å². The van der Waals surface area contributed by atoms with E-state index in [4.69, 9.17) is 0 Å². The number of benzene rings is 3. The number of nitrogens with one attached hydrogen (secondary N) is 3. The van der Waals surface area contributed by atoms with E-state index in [1.54, 1.807) is 36.5 Å². The topological polar surface area (TPSA) is 110 Å². The lowest BCUT2D eigenvalue weighted by molar-refractivity contribution is 0.0664. The van der Waals surface area contributed by atoms with Crippen molar-refractivity contribution in [3.8, 4) is 0 Å². The third-order valence-corrected chi connectivity index (χ3v) is 7.21. The number of carbonyl (C=O) groups excluding carboxylic acids is 2. The molecule has 1 fully saturated rings. The minimum atomic E-state index is -0.260. The van der Waals surface area contributed by atoms with Gasteiger partial charge in [0.15, 0.2) is 0 Å². The molecule has 3 heterocycles. The van der Waals surface area contributed by atoms with Crippen LogP contribution in [-0.2, 0) is 0 Å². The molecular formula is C31H28N6O3. The molecule has 0 spiro atoms. The normalized spacial score (nSPS) is 13.9. The van der Waals surface area contributed by atoms with Crippen LogP contribution in [0.2, 0.25) is 0 Å². The van der Waals surface area contributed by atoms with E-state index in [0.29, 0.717) is 51.7 Å². The van der Waals surface area contributed by atoms with Gasteiger partial charge in [-0.05, 0) is 67.7 Å². The van der Waals surface area contributed by atoms with Crippen LogP contribution in [0.3, 0.4) is 0 Å². The summed E-state index contributed by atoms with van der Waals surface area (Å²) in [6.45, 7) is 2.99. The molecular weight excluding hydrogens is 504 g/mol. The zero-order valence-electron chi connectivity index (χ0n) is 22.0. The maximum absolute atomic E-state index is 13.3. The fourth-order valence-corrected chi connectivity index (χ4v) is 4.97. The van der Waals surface area contributed by atoms with E-state index in [1.807, 2.05) is 60.5 Å². The number of anilines is 3. The third kappa shape index (κ3) is 5.02. The molecule has 6 rings (SSSR count). The van der Waals surface area contributed by atoms with Crippen molar-refractivity contribution in [2.45, 2.75) is 0 Å². The number of hydrogen-bond donors (Lipinski definition) is 3. The van der Waals surface area contributed by atoms with E-state index in [0.717, 1.165) is 24.5 Å². The van der Waals surface area contributed by atoms with Crippen LogP contribution in [0.4, 0.5) is 17.1 Å². The summed E-state index contributed by atoms with van der Waals surface area (Å²) < 4.78 is 0. The number of aromatic nitrogens is 2. The fraction of sp³-hybridized carbons (Fsp3) is 0.161. The average Bonchev–Trinajstić information content (AvgIpc) is 2.98. The maximum atomic E-state index is 13.3. The molecule has 0 aliphatic carbocycles. The van der Waals surface area contributed by atoms with Gasteiger partial charge in [-0.25, -0.2) is 4.98 Å². The molecule has 1 saturated heterocycles. The second-order valence-corrected chi connectivity index (χ2v) is 9.91. The van der Waals surface area contributed by atoms with E-state index >= 15 is 0 Å². The lowest BCUT2D eigenvalue weighted by Crippen LogP contribution is -2.47. The highest BCUT2D eigenvalue weighted by molar-refractivity contribution is 6.13. The van der Waals surface area contributed by atoms with Crippen LogP contribution < -0.4 is 16.2 Å². The van der Waals surface area contributed by atoms with Gasteiger partial charge in [0, 0.05) is 71.0 Å². The number of likely N-dealkylation sites (N-methyl/N-ethyl adjacent to an activating group) is 1. The van der Waals surface area contributed by atoms with E-state index < -0.39 is 0 Å². The molecule has 0 atom stereocenters. The summed E-state index contributed by atoms with van der Waals surface area (Å²) in [5.74, 6) is -0.228. The summed E-state index contributed by atoms with van der Waals surface area (Å²) in [5, 5.41) is 8.16. The van der Waals surface area contributed by atoms with Crippen molar-refractivity contribution in [1.82, 2.24) is 19.8 Å². The molecule has 5 aromatic rings. The molecule has 3 N–H and O–H groups in total. The Bertz CT molecular complexity index is 1780. The number of H-pyrrole nitrogens is 1. The second-order valence-electron chi connectivity index (χ2n) is 9.91. The number of hydrogen-bond acceptors (Lipinski definition) is 6. The summed E-state index contributed by atoms with van der Waals surface area (Å²) in [7, 11) is 2.05. The minimum absolute atomic E-state index is 0.0463. The zero-order chi connectivity index (χ0) is 27.6. The SMILES string of the molecule is CN1CCN(C(=O)c2ccc3c(=O)[nH]c4nccc(Nc5ccc(NC(=O)c6ccccc6)cc5)c4c3c2)CC1. The van der Waals surface area contributed by atoms with Crippen molar-refractivity contribution in [2.75, 3.05) is 43.9 Å². The first kappa shape index (κ1) is 25.3. The predicted octanol–water partition coefficient (Wildman–Crippen LogP) is 4.46. The van der Waals surface area contributed by atoms with Gasteiger partial charge < -0.3 is 25.4 Å². The molecule has 9 nitrogen and oxygen atoms in total. The highest BCUT2D eigenvalue weighted by Crippen LogP contribution is 2.31. The van der Waals surface area contributed by atoms with Gasteiger partial charge in [-0.1, -0.05) is 18.2 Å². The van der Waals surface area contributed by atoms with Crippen molar-refractivity contribution < 1.29 is 9.59 Å². The van der Waals surface area contributed by atoms with Crippen molar-refractivity contribution in [1.29, 1.82) is 0 Å². The highest BCUT2D eigenvalue weighted by atomic mass is 16.2. The molecule has 2 amide bonds. The first-order valence-electron chi connectivity index (χ1n) is 13.1. The number of rotatable bonds is 5. The molecule has 200 valence electrons. The quantitative estimate of drug-likeness (QED) is 0.288. The van der Waals surface area contributed by atoms with Gasteiger partial charge in [-0.3, -0.25) is 14.4 Å². The van der Waals surface area contributed by atoms with Crippen LogP contribution in [0.25, 0.3) is 21.8 Å². The van der Waals surface area contributed by atoms with E-state index in [2.05, 4.69) is 25.5 Å². The number of amides is 2. The zero-order valence-corrected chi connectivity index (χ0v) is 22.0. The van der Waals surface area contributed by atoms with E-state index in [9.17, 15) is 14.4 Å². The number of pyridine rings is 2. The summed E-state index contributed by atoms with van der Waals surface area (Å²) >= 11 is 0. The first-order valence-corrected chi connectivity index (χ1v) is 13.1. The Labute approximate surface area is 230 Å². The molecule has 0 radical (unpaired) electrons. The highest BCUT2D eigenvalue weighted by Gasteiger charge is 2.21. The first-order chi connectivity index (χ1) is 19.5. The number of carbonyl (C=O) groups is 2. The van der Waals surface area contributed by atoms with Crippen molar-refractivity contribution in [3.05, 3.63) is 107 Å². The van der Waals surface area contributed by atoms with Gasteiger partial charge in [0.25, 0.3) is 17.4 Å². The smallest absolute Gasteiger partial charge is 0.257 e. The monoisotopic (exact) mass is 532 g/mol. The number of piperazine rings is 1. The Hall–Kier alpha value is -5.02. The van der Waals surface area contributed by atoms with Crippen LogP contribution in [0.5, 0.6) is 0 Å². The number of aromatic amines is 1. The van der Waals surface area contributed by atoms with Crippen LogP contribution >= 0.6 is 0 Å². The standard InChI is InChI=1S/C31H28N6O3/c1-36-15-17-37(18-16-36)31(40)21-7-12-24-25(19-21)27-26(13-14-32-28(27)35-30(24)39)33-22-8-10-23(11-9-22)34-29(38)20-5-3-2-4-6-20/h2-14,19H,15-18H2,1H3,(H,34,38)(H2,32,33,35,39). The van der Waals surface area contributed by atoms with Gasteiger partial charge in [0.2, 0.25) is 0 Å². The van der Waals surface area contributed by atoms with Gasteiger partial charge in [-0.2, -0.15) is 0 Å². The predicted molar refractivity (Wildman–Crippen MR) is 157 cm³/mol. The van der Waals surface area contributed by atoms with Gasteiger partial charge in [-0.15, -0.1) is 0 Å². The van der Waals surface area contributed by atoms with Gasteiger partial charge in [0.05, 0.1) is 5.69 Å². The van der Waals surface area contributed by atoms with Crippen LogP contribution in [0.1, 0.15) is 20.7 Å². The summed E-state index contributed by atoms with van der Waals surface area (Å²) in [6, 6.07) is 23.5. The third-order valence-electron chi connectivity index (χ3n) is 7.21. The van der Waals surface area contributed by atoms with E-state index in [1.165, 1.54) is 0 Å². The van der Waals surface area contributed by atoms with E-state index in [-0.39, 0.29) is 17.4 Å². The number of nitrogens with zero attached hydrogens (tertiary/aromatic N) is 3. The molecule has 0 bridgehead atoms. The molecule has 1 aliphatic heterocycles. The van der Waals surface area contributed by atoms with Crippen molar-refractivity contribution >= 4 is 50.7 Å². The van der Waals surface area contributed by atoms with Crippen molar-refractivity contribution in [3.63, 3.8) is 0 Å². The Morgan fingerprint density at radius 2 is 1.55 bits per heavy atom. The summed E-state index contributed by atoms with van der Waals surface area (Å²) in [6.07, 6.45) is 1.63. The Balaban J connectivity index is 1.31. The molecule has 1 aliphatic rings. The molecule has 0 unspecified atom stereocenters. The van der Waals surface area contributed by atoms with Gasteiger partial charge in [0.1, 0.15) is 5.65 Å². The largest absolute Gasteiger partial charge is 0.355 e. The van der Waals surface area contributed by atoms with Crippen LogP contribution in [0, 0.1) is 0 Å². The minimum Gasteiger partial charge on any atom is -0.355 e. The maximum Gasteiger partial charge on any atom is 0.257 e. The Kier molecular flexibility index (Phi) is 6.71. The lowest BCUT2D eigenvalue weighted by Gasteiger charge is -2.32. The Morgan fingerprint density at radius 1 is 0.825 bits per heavy atom. The molecule has 2 aromatic heterocycles. The molecule has 9 heteroatoms. The van der Waals surface area contributed by atoms with Crippen LogP contribution in [0.15, 0.2) is 89.9 Å². The fourth-order valence-electron chi connectivity index (χ4n) is 4.97. The van der Waals surface area contributed by atoms with Gasteiger partial charge >= 0.3 is 0 Å². The second kappa shape index (κ2) is 10.6. The number of fused-ring (bicyclic) bond motifs is 3. The lowest BCUT2D eigenvalue weighted by atomic mass is 10.0. The summed E-state index contributed by atoms with van der Waals surface area (Å²) in [4.78, 5) is 50.0. The van der Waals surface area contributed by atoms with Crippen LogP contribution in [-0.4, -0.2) is 64.8 Å². The molecule has 40 heavy (non-hydrogen) atoms. The Morgan fingerprint density at radius 3 is 2.30 bits per heavy atom.